The minimum absolute atomic E-state index is 0.0139. The molecule has 28 heavy (non-hydrogen) atoms. The normalized spacial score (nSPS) is 19.3. The van der Waals surface area contributed by atoms with Crippen molar-refractivity contribution in [3.05, 3.63) is 35.4 Å². The highest BCUT2D eigenvalue weighted by Gasteiger charge is 2.39. The zero-order chi connectivity index (χ0) is 20.5. The number of hydrogen-bond acceptors (Lipinski definition) is 6. The van der Waals surface area contributed by atoms with E-state index in [-0.39, 0.29) is 22.8 Å². The van der Waals surface area contributed by atoms with E-state index >= 15 is 0 Å². The molecule has 1 heterocycles. The van der Waals surface area contributed by atoms with Crippen molar-refractivity contribution in [2.75, 3.05) is 18.1 Å². The van der Waals surface area contributed by atoms with Crippen LogP contribution in [0, 0.1) is 5.92 Å². The predicted molar refractivity (Wildman–Crippen MR) is 99.3 cm³/mol. The van der Waals surface area contributed by atoms with E-state index in [1.807, 2.05) is 0 Å². The number of carbonyl (C=O) groups is 2. The minimum atomic E-state index is -5.03. The van der Waals surface area contributed by atoms with E-state index < -0.39 is 47.9 Å². The molecule has 0 aromatic heterocycles. The first-order valence-electron chi connectivity index (χ1n) is 8.95. The Balaban J connectivity index is 1.76. The molecule has 1 atom stereocenters. The number of carbonyl (C=O) groups excluding carboxylic acids is 2. The fourth-order valence-corrected chi connectivity index (χ4v) is 6.36. The molecule has 1 aliphatic heterocycles. The Kier molecular flexibility index (Phi) is 6.07. The molecule has 3 rings (SSSR count). The first-order chi connectivity index (χ1) is 13.1. The van der Waals surface area contributed by atoms with Crippen LogP contribution in [0.4, 0.5) is 0 Å². The number of imide groups is 1. The Hall–Kier alpha value is -1.58. The van der Waals surface area contributed by atoms with E-state index in [2.05, 4.69) is 4.52 Å². The number of hydrogen-bond donors (Lipinski definition) is 2. The highest BCUT2D eigenvalue weighted by Crippen LogP contribution is 2.39. The van der Waals surface area contributed by atoms with Crippen molar-refractivity contribution in [2.24, 2.45) is 5.92 Å². The van der Waals surface area contributed by atoms with Crippen molar-refractivity contribution >= 4 is 29.5 Å². The van der Waals surface area contributed by atoms with Gasteiger partial charge in [0.25, 0.3) is 11.8 Å². The Morgan fingerprint density at radius 3 is 2.14 bits per heavy atom. The maximum absolute atomic E-state index is 12.5. The summed E-state index contributed by atoms with van der Waals surface area (Å²) in [7, 11) is -8.73. The zero-order valence-electron chi connectivity index (χ0n) is 15.1. The van der Waals surface area contributed by atoms with Crippen molar-refractivity contribution in [3.63, 3.8) is 0 Å². The summed E-state index contributed by atoms with van der Waals surface area (Å²) in [5.41, 5.74) is 0.326. The number of sulfone groups is 1. The number of phosphoric acid groups is 1. The van der Waals surface area contributed by atoms with Gasteiger partial charge in [-0.3, -0.25) is 19.0 Å². The summed E-state index contributed by atoms with van der Waals surface area (Å²) in [5, 5.41) is 0. The summed E-state index contributed by atoms with van der Waals surface area (Å²) < 4.78 is 41.0. The van der Waals surface area contributed by atoms with E-state index in [9.17, 15) is 22.6 Å². The van der Waals surface area contributed by atoms with E-state index in [4.69, 9.17) is 9.79 Å². The first-order valence-corrected chi connectivity index (χ1v) is 12.3. The number of benzene rings is 1. The molecule has 0 spiro atoms. The van der Waals surface area contributed by atoms with Crippen LogP contribution in [-0.4, -0.2) is 59.1 Å². The summed E-state index contributed by atoms with van der Waals surface area (Å²) in [4.78, 5) is 44.0. The molecule has 1 saturated carbocycles. The molecule has 1 aromatic carbocycles. The molecule has 0 saturated heterocycles. The number of amides is 2. The molecule has 2 amide bonds. The lowest BCUT2D eigenvalue weighted by molar-refractivity contribution is 0.0550. The quantitative estimate of drug-likeness (QED) is 0.465. The maximum atomic E-state index is 12.5. The third-order valence-electron chi connectivity index (χ3n) is 4.95. The Morgan fingerprint density at radius 2 is 1.64 bits per heavy atom. The van der Waals surface area contributed by atoms with Crippen LogP contribution in [0.25, 0.3) is 0 Å². The van der Waals surface area contributed by atoms with Crippen LogP contribution in [0.1, 0.15) is 46.4 Å². The third-order valence-corrected chi connectivity index (χ3v) is 7.39. The van der Waals surface area contributed by atoms with Gasteiger partial charge in [-0.2, -0.15) is 0 Å². The molecule has 0 radical (unpaired) electrons. The Morgan fingerprint density at radius 1 is 1.11 bits per heavy atom. The van der Waals surface area contributed by atoms with Gasteiger partial charge in [0.2, 0.25) is 0 Å². The Labute approximate surface area is 162 Å². The molecule has 2 aliphatic rings. The highest BCUT2D eigenvalue weighted by molar-refractivity contribution is 7.91. The van der Waals surface area contributed by atoms with E-state index in [0.29, 0.717) is 0 Å². The number of nitrogens with zero attached hydrogens (tertiary/aromatic N) is 1. The monoisotopic (exact) mass is 431 g/mol. The summed E-state index contributed by atoms with van der Waals surface area (Å²) in [6, 6.07) is 6.10. The predicted octanol–water partition coefficient (Wildman–Crippen LogP) is 1.37. The molecule has 9 nitrogen and oxygen atoms in total. The summed E-state index contributed by atoms with van der Waals surface area (Å²) in [6.45, 7) is -0.554. The van der Waals surface area contributed by atoms with E-state index in [0.717, 1.165) is 30.6 Å². The fraction of sp³-hybridized carbons (Fsp3) is 0.529. The van der Waals surface area contributed by atoms with Crippen LogP contribution in [0.2, 0.25) is 0 Å². The Bertz CT molecular complexity index is 884. The fourth-order valence-electron chi connectivity index (χ4n) is 3.81. The largest absolute Gasteiger partial charge is 0.469 e. The second kappa shape index (κ2) is 8.04. The number of fused-ring (bicyclic) bond motifs is 1. The lowest BCUT2D eigenvalue weighted by Crippen LogP contribution is -2.41. The van der Waals surface area contributed by atoms with Crippen LogP contribution >= 0.6 is 7.82 Å². The van der Waals surface area contributed by atoms with Crippen molar-refractivity contribution in [3.8, 4) is 0 Å². The first kappa shape index (κ1) is 21.1. The van der Waals surface area contributed by atoms with Crippen molar-refractivity contribution in [1.29, 1.82) is 0 Å². The van der Waals surface area contributed by atoms with Gasteiger partial charge >= 0.3 is 7.82 Å². The van der Waals surface area contributed by atoms with Gasteiger partial charge in [0.15, 0.2) is 9.84 Å². The molecule has 11 heteroatoms. The molecule has 1 aliphatic carbocycles. The second-order valence-corrected chi connectivity index (χ2v) is 10.6. The van der Waals surface area contributed by atoms with Gasteiger partial charge in [0, 0.05) is 0 Å². The minimum Gasteiger partial charge on any atom is -0.303 e. The molecule has 1 unspecified atom stereocenters. The van der Waals surface area contributed by atoms with Crippen LogP contribution in [0.15, 0.2) is 24.3 Å². The van der Waals surface area contributed by atoms with Crippen LogP contribution in [-0.2, 0) is 18.9 Å². The SMILES string of the molecule is O=C1c2ccccc2C(=O)N1CC(CS(=O)(=O)CC1CCCC1)OP(=O)(O)O. The molecule has 154 valence electrons. The van der Waals surface area contributed by atoms with Gasteiger partial charge in [-0.25, -0.2) is 13.0 Å². The van der Waals surface area contributed by atoms with Crippen LogP contribution in [0.5, 0.6) is 0 Å². The number of phosphoric ester groups is 1. The second-order valence-electron chi connectivity index (χ2n) is 7.21. The molecule has 0 bridgehead atoms. The molecule has 1 aromatic rings. The van der Waals surface area contributed by atoms with Gasteiger partial charge in [-0.15, -0.1) is 0 Å². The summed E-state index contributed by atoms with van der Waals surface area (Å²) >= 11 is 0. The van der Waals surface area contributed by atoms with Gasteiger partial charge in [-0.1, -0.05) is 25.0 Å². The maximum Gasteiger partial charge on any atom is 0.469 e. The standard InChI is InChI=1S/C17H22NO8PS/c19-16-14-7-3-4-8-15(14)17(20)18(16)9-13(26-27(21,22)23)11-28(24,25)10-12-5-1-2-6-12/h3-4,7-8,12-13H,1-2,5-6,9-11H2,(H2,21,22,23). The highest BCUT2D eigenvalue weighted by atomic mass is 32.2. The molecule has 2 N–H and O–H groups in total. The molecule has 1 fully saturated rings. The lowest BCUT2D eigenvalue weighted by Gasteiger charge is -2.23. The average Bonchev–Trinajstić information content (AvgIpc) is 3.15. The topological polar surface area (TPSA) is 138 Å². The lowest BCUT2D eigenvalue weighted by atomic mass is 10.1. The summed E-state index contributed by atoms with van der Waals surface area (Å²) in [6.07, 6.45) is 1.98. The van der Waals surface area contributed by atoms with Gasteiger partial charge in [0.05, 0.1) is 29.2 Å². The van der Waals surface area contributed by atoms with Gasteiger partial charge in [0.1, 0.15) is 6.10 Å². The van der Waals surface area contributed by atoms with Gasteiger partial charge in [-0.05, 0) is 30.9 Å². The summed E-state index contributed by atoms with van der Waals surface area (Å²) in [5.74, 6) is -2.06. The van der Waals surface area contributed by atoms with Crippen molar-refractivity contribution in [2.45, 2.75) is 31.8 Å². The molecular weight excluding hydrogens is 409 g/mol. The van der Waals surface area contributed by atoms with Crippen LogP contribution < -0.4 is 0 Å². The third kappa shape index (κ3) is 5.07. The van der Waals surface area contributed by atoms with Crippen molar-refractivity contribution in [1.82, 2.24) is 4.90 Å². The number of rotatable bonds is 8. The zero-order valence-corrected chi connectivity index (χ0v) is 16.8. The van der Waals surface area contributed by atoms with E-state index in [1.54, 1.807) is 12.1 Å². The average molecular weight is 431 g/mol. The van der Waals surface area contributed by atoms with Crippen molar-refractivity contribution < 1.29 is 36.9 Å². The molecular formula is C17H22NO8PS. The smallest absolute Gasteiger partial charge is 0.303 e. The van der Waals surface area contributed by atoms with Gasteiger partial charge < -0.3 is 9.79 Å². The van der Waals surface area contributed by atoms with Crippen LogP contribution in [0.3, 0.4) is 0 Å². The van der Waals surface area contributed by atoms with E-state index in [1.165, 1.54) is 12.1 Å².